The lowest BCUT2D eigenvalue weighted by Gasteiger charge is -2.37. The number of halogens is 3. The summed E-state index contributed by atoms with van der Waals surface area (Å²) in [6.45, 7) is 2.83. The average Bonchev–Trinajstić information content (AvgIpc) is 2.90. The molecule has 3 rings (SSSR count). The van der Waals surface area contributed by atoms with Crippen LogP contribution in [0.2, 0.25) is 0 Å². The van der Waals surface area contributed by atoms with E-state index in [1.54, 1.807) is 30.1 Å². The van der Waals surface area contributed by atoms with Crippen molar-refractivity contribution in [3.05, 3.63) is 41.2 Å². The molecule has 1 aromatic carbocycles. The van der Waals surface area contributed by atoms with Crippen molar-refractivity contribution >= 4 is 23.5 Å². The van der Waals surface area contributed by atoms with Crippen LogP contribution in [-0.2, 0) is 17.4 Å². The van der Waals surface area contributed by atoms with E-state index in [0.29, 0.717) is 30.0 Å². The van der Waals surface area contributed by atoms with Gasteiger partial charge in [-0.25, -0.2) is 9.97 Å². The molecule has 12 heteroatoms. The fourth-order valence-corrected chi connectivity index (χ4v) is 5.04. The monoisotopic (exact) mass is 580 g/mol. The third kappa shape index (κ3) is 9.31. The summed E-state index contributed by atoms with van der Waals surface area (Å²) in [7, 11) is 7.05. The molecule has 0 spiro atoms. The smallest absolute Gasteiger partial charge is 0.419 e. The van der Waals surface area contributed by atoms with Crippen LogP contribution in [0.15, 0.2) is 24.4 Å². The summed E-state index contributed by atoms with van der Waals surface area (Å²) in [5.74, 6) is -0.225. The molecule has 2 N–H and O–H groups in total. The van der Waals surface area contributed by atoms with Gasteiger partial charge in [0.15, 0.2) is 0 Å². The predicted octanol–water partition coefficient (Wildman–Crippen LogP) is 5.14. The van der Waals surface area contributed by atoms with Crippen molar-refractivity contribution in [3.8, 4) is 5.75 Å². The number of rotatable bonds is 11. The van der Waals surface area contributed by atoms with Gasteiger partial charge in [0.1, 0.15) is 5.75 Å². The van der Waals surface area contributed by atoms with Crippen molar-refractivity contribution in [1.29, 1.82) is 0 Å². The van der Waals surface area contributed by atoms with Gasteiger partial charge in [-0.2, -0.15) is 13.2 Å². The highest BCUT2D eigenvalue weighted by molar-refractivity contribution is 5.95. The molecular weight excluding hydrogens is 537 g/mol. The van der Waals surface area contributed by atoms with E-state index in [9.17, 15) is 22.8 Å². The topological polar surface area (TPSA) is 99.7 Å². The maximum Gasteiger partial charge on any atom is 0.419 e. The Morgan fingerprint density at radius 3 is 2.49 bits per heavy atom. The molecule has 1 aromatic heterocycles. The molecule has 0 aliphatic heterocycles. The van der Waals surface area contributed by atoms with Gasteiger partial charge in [-0.3, -0.25) is 9.59 Å². The fraction of sp³-hybridized carbons (Fsp3) is 0.586. The van der Waals surface area contributed by atoms with Crippen molar-refractivity contribution < 1.29 is 27.5 Å². The zero-order valence-electron chi connectivity index (χ0n) is 23.8. The Morgan fingerprint density at radius 1 is 1.15 bits per heavy atom. The Labute approximate surface area is 240 Å². The van der Waals surface area contributed by atoms with Crippen LogP contribution in [-0.4, -0.2) is 79.0 Å². The summed E-state index contributed by atoms with van der Waals surface area (Å²) >= 11 is 0. The number of methoxy groups -OCH3 is 1. The molecule has 1 aliphatic carbocycles. The number of anilines is 2. The lowest BCUT2D eigenvalue weighted by atomic mass is 9.80. The Morgan fingerprint density at radius 2 is 1.85 bits per heavy atom. The fourth-order valence-electron chi connectivity index (χ4n) is 5.04. The second-order valence-corrected chi connectivity index (χ2v) is 10.5. The Balaban J connectivity index is 0.00000588. The summed E-state index contributed by atoms with van der Waals surface area (Å²) in [6, 6.07) is 4.60. The number of amides is 2. The van der Waals surface area contributed by atoms with Crippen LogP contribution in [0, 0.1) is 5.92 Å². The molecule has 1 heterocycles. The van der Waals surface area contributed by atoms with E-state index in [1.165, 1.54) is 14.0 Å². The minimum Gasteiger partial charge on any atom is -0.495 e. The van der Waals surface area contributed by atoms with Crippen molar-refractivity contribution in [2.24, 2.45) is 5.92 Å². The molecular formula is C29H43F3N6O3. The minimum absolute atomic E-state index is 0. The molecule has 0 saturated heterocycles. The molecule has 0 bridgehead atoms. The number of aromatic nitrogens is 2. The van der Waals surface area contributed by atoms with Gasteiger partial charge in [0.2, 0.25) is 11.9 Å². The van der Waals surface area contributed by atoms with Crippen LogP contribution in [0.4, 0.5) is 24.8 Å². The molecule has 2 atom stereocenters. The van der Waals surface area contributed by atoms with E-state index in [-0.39, 0.29) is 49.3 Å². The van der Waals surface area contributed by atoms with Crippen molar-refractivity contribution in [2.75, 3.05) is 46.7 Å². The first kappa shape index (κ1) is 33.8. The molecule has 1 saturated carbocycles. The number of hydrogen-bond acceptors (Lipinski definition) is 7. The first-order valence-corrected chi connectivity index (χ1v) is 13.4. The van der Waals surface area contributed by atoms with Gasteiger partial charge in [-0.15, -0.1) is 0 Å². The molecule has 228 valence electrons. The highest BCUT2D eigenvalue weighted by atomic mass is 19.4. The second kappa shape index (κ2) is 15.0. The highest BCUT2D eigenvalue weighted by Gasteiger charge is 2.37. The summed E-state index contributed by atoms with van der Waals surface area (Å²) in [5.41, 5.74) is -0.212. The summed E-state index contributed by atoms with van der Waals surface area (Å²) in [6.07, 6.45) is 0.295. The molecule has 0 unspecified atom stereocenters. The van der Waals surface area contributed by atoms with E-state index in [2.05, 4.69) is 20.6 Å². The van der Waals surface area contributed by atoms with E-state index in [4.69, 9.17) is 4.74 Å². The lowest BCUT2D eigenvalue weighted by molar-refractivity contribution is -0.139. The number of carbonyl (C=O) groups excluding carboxylic acids is 2. The van der Waals surface area contributed by atoms with Gasteiger partial charge in [-0.1, -0.05) is 20.3 Å². The van der Waals surface area contributed by atoms with Gasteiger partial charge in [-0.05, 0) is 70.4 Å². The summed E-state index contributed by atoms with van der Waals surface area (Å²) in [5, 5.41) is 5.81. The number of benzene rings is 1. The lowest BCUT2D eigenvalue weighted by Crippen LogP contribution is -2.43. The second-order valence-electron chi connectivity index (χ2n) is 10.5. The Hall–Kier alpha value is -3.41. The van der Waals surface area contributed by atoms with Crippen LogP contribution in [0.25, 0.3) is 0 Å². The number of carbonyl (C=O) groups is 2. The number of alkyl halides is 3. The van der Waals surface area contributed by atoms with Crippen LogP contribution in [0.5, 0.6) is 5.75 Å². The molecule has 2 amide bonds. The number of nitrogens with one attached hydrogen (secondary N) is 2. The standard InChI is InChI=1S/C28H39F3N6O3.CH4/c1-18(38)37(4)24-10-7-6-9-19(24)15-23-21(28(29,30)31)17-33-27(35-23)34-22-12-11-20(16-25(22)40-5)26(39)32-13-8-14-36(2)3;/h11-12,16-17,19,24H,6-10,13-15H2,1-5H3,(H,32,39)(H,33,34,35);1H4/t19-,24+;/m0./s1. The van der Waals surface area contributed by atoms with Gasteiger partial charge in [0, 0.05) is 38.3 Å². The Kier molecular flexibility index (Phi) is 12.4. The summed E-state index contributed by atoms with van der Waals surface area (Å²) < 4.78 is 47.2. The van der Waals surface area contributed by atoms with E-state index >= 15 is 0 Å². The predicted molar refractivity (Wildman–Crippen MR) is 153 cm³/mol. The number of hydrogen-bond donors (Lipinski definition) is 2. The minimum atomic E-state index is -4.62. The number of nitrogens with zero attached hydrogens (tertiary/aromatic N) is 4. The molecule has 1 aliphatic rings. The quantitative estimate of drug-likeness (QED) is 0.355. The zero-order chi connectivity index (χ0) is 29.4. The van der Waals surface area contributed by atoms with Crippen LogP contribution in [0.1, 0.15) is 68.1 Å². The maximum atomic E-state index is 13.9. The van der Waals surface area contributed by atoms with Gasteiger partial charge >= 0.3 is 6.18 Å². The van der Waals surface area contributed by atoms with E-state index in [1.807, 2.05) is 19.0 Å². The normalized spacial score (nSPS) is 17.0. The number of ether oxygens (including phenoxy) is 1. The SMILES string of the molecule is C.COc1cc(C(=O)NCCCN(C)C)ccc1Nc1ncc(C(F)(F)F)c(C[C@@H]2CCCC[C@H]2N(C)C(C)=O)n1. The van der Waals surface area contributed by atoms with Crippen LogP contribution >= 0.6 is 0 Å². The van der Waals surface area contributed by atoms with Gasteiger partial charge < -0.3 is 25.2 Å². The van der Waals surface area contributed by atoms with Crippen molar-refractivity contribution in [3.63, 3.8) is 0 Å². The largest absolute Gasteiger partial charge is 0.495 e. The molecule has 0 radical (unpaired) electrons. The highest BCUT2D eigenvalue weighted by Crippen LogP contribution is 2.36. The van der Waals surface area contributed by atoms with Gasteiger partial charge in [0.25, 0.3) is 5.91 Å². The average molecular weight is 581 g/mol. The van der Waals surface area contributed by atoms with Crippen molar-refractivity contribution in [2.45, 2.75) is 65.1 Å². The third-order valence-corrected chi connectivity index (χ3v) is 7.27. The molecule has 41 heavy (non-hydrogen) atoms. The van der Waals surface area contributed by atoms with Gasteiger partial charge in [0.05, 0.1) is 24.1 Å². The zero-order valence-corrected chi connectivity index (χ0v) is 23.8. The Bertz CT molecular complexity index is 1170. The van der Waals surface area contributed by atoms with Crippen molar-refractivity contribution in [1.82, 2.24) is 25.1 Å². The van der Waals surface area contributed by atoms with E-state index < -0.39 is 11.7 Å². The van der Waals surface area contributed by atoms with E-state index in [0.717, 1.165) is 38.4 Å². The van der Waals surface area contributed by atoms with Crippen LogP contribution in [0.3, 0.4) is 0 Å². The van der Waals surface area contributed by atoms with Crippen LogP contribution < -0.4 is 15.4 Å². The first-order chi connectivity index (χ1) is 18.9. The molecule has 9 nitrogen and oxygen atoms in total. The molecule has 2 aromatic rings. The first-order valence-electron chi connectivity index (χ1n) is 13.4. The summed E-state index contributed by atoms with van der Waals surface area (Å²) in [4.78, 5) is 36.4. The third-order valence-electron chi connectivity index (χ3n) is 7.27. The molecule has 1 fully saturated rings. The maximum absolute atomic E-state index is 13.9.